The van der Waals surface area contributed by atoms with E-state index in [-0.39, 0.29) is 21.7 Å². The second-order valence-corrected chi connectivity index (χ2v) is 11.7. The van der Waals surface area contributed by atoms with Gasteiger partial charge in [0.25, 0.3) is 0 Å². The molecule has 10 aromatic rings. The zero-order valence-electron chi connectivity index (χ0n) is 22.5. The number of hydrogen-bond donors (Lipinski definition) is 0. The Balaban J connectivity index is 1.56. The van der Waals surface area contributed by atoms with Crippen LogP contribution in [-0.4, -0.2) is 8.80 Å². The van der Waals surface area contributed by atoms with E-state index >= 15 is 0 Å². The van der Waals surface area contributed by atoms with Crippen LogP contribution in [0.25, 0.3) is 87.0 Å². The number of rotatable bonds is 0. The predicted octanol–water partition coefficient (Wildman–Crippen LogP) is 6.07. The molecule has 0 atom stereocenters. The van der Waals surface area contributed by atoms with Gasteiger partial charge in [0.15, 0.2) is 21.7 Å². The highest BCUT2D eigenvalue weighted by Crippen LogP contribution is 2.43. The summed E-state index contributed by atoms with van der Waals surface area (Å²) < 4.78 is 4.08. The lowest BCUT2D eigenvalue weighted by molar-refractivity contribution is 1.29. The van der Waals surface area contributed by atoms with Crippen molar-refractivity contribution in [1.29, 1.82) is 0 Å². The first-order valence-electron chi connectivity index (χ1n) is 13.8. The normalized spacial score (nSPS) is 12.9. The lowest BCUT2D eigenvalue weighted by Crippen LogP contribution is -2.14. The summed E-state index contributed by atoms with van der Waals surface area (Å²) in [6, 6.07) is 22.1. The van der Waals surface area contributed by atoms with Crippen LogP contribution in [0.3, 0.4) is 0 Å². The van der Waals surface area contributed by atoms with Crippen molar-refractivity contribution >= 4 is 87.0 Å². The van der Waals surface area contributed by atoms with Crippen LogP contribution in [0.2, 0.25) is 0 Å². The summed E-state index contributed by atoms with van der Waals surface area (Å²) in [5, 5.41) is 7.41. The molecule has 0 aliphatic carbocycles. The second kappa shape index (κ2) is 6.81. The highest BCUT2D eigenvalue weighted by Gasteiger charge is 2.23. The largest absolute Gasteiger partial charge is 0.307 e. The minimum absolute atomic E-state index is 0.133. The Morgan fingerprint density at radius 2 is 0.643 bits per heavy atom. The lowest BCUT2D eigenvalue weighted by Gasteiger charge is -2.22. The Bertz CT molecular complexity index is 2710. The monoisotopic (exact) mass is 542 g/mol. The van der Waals surface area contributed by atoms with E-state index in [0.717, 1.165) is 65.5 Å². The molecule has 10 rings (SSSR count). The Labute approximate surface area is 234 Å². The number of fused-ring (bicyclic) bond motifs is 4. The molecule has 0 amide bonds. The van der Waals surface area contributed by atoms with Gasteiger partial charge in [-0.2, -0.15) is 0 Å². The van der Waals surface area contributed by atoms with Gasteiger partial charge in [-0.3, -0.25) is 19.2 Å². The van der Waals surface area contributed by atoms with Crippen molar-refractivity contribution in [3.8, 4) is 0 Å². The van der Waals surface area contributed by atoms with Crippen LogP contribution in [0.15, 0.2) is 92.0 Å². The summed E-state index contributed by atoms with van der Waals surface area (Å²) in [6.45, 7) is 3.79. The SMILES string of the molecule is Cc1cc2c(=O)cc3c4ccc5c6c(ccc(c46)c4cc(=O)c(c1)c2n34)c1cc(=O)c2cc(C)cc3c(=O)cc5n1c32. The molecule has 0 radical (unpaired) electrons. The highest BCUT2D eigenvalue weighted by atomic mass is 16.1. The lowest BCUT2D eigenvalue weighted by atomic mass is 9.91. The molecule has 0 saturated carbocycles. The third-order valence-corrected chi connectivity index (χ3v) is 9.32. The van der Waals surface area contributed by atoms with E-state index in [1.165, 1.54) is 0 Å². The molecule has 0 aliphatic rings. The number of benzene rings is 4. The average Bonchev–Trinajstić information content (AvgIpc) is 2.97. The van der Waals surface area contributed by atoms with E-state index in [2.05, 4.69) is 0 Å². The van der Waals surface area contributed by atoms with Crippen LogP contribution in [0, 0.1) is 13.8 Å². The molecule has 0 bridgehead atoms. The van der Waals surface area contributed by atoms with Crippen molar-refractivity contribution in [3.63, 3.8) is 0 Å². The van der Waals surface area contributed by atoms with Crippen LogP contribution in [0.4, 0.5) is 0 Å². The van der Waals surface area contributed by atoms with Gasteiger partial charge in [0.1, 0.15) is 0 Å². The van der Waals surface area contributed by atoms with Crippen LogP contribution in [0.1, 0.15) is 11.1 Å². The van der Waals surface area contributed by atoms with Crippen molar-refractivity contribution < 1.29 is 0 Å². The van der Waals surface area contributed by atoms with Gasteiger partial charge in [-0.15, -0.1) is 0 Å². The van der Waals surface area contributed by atoms with E-state index in [1.54, 1.807) is 24.3 Å². The summed E-state index contributed by atoms with van der Waals surface area (Å²) in [5.41, 5.74) is 5.36. The fourth-order valence-electron chi connectivity index (χ4n) is 7.74. The van der Waals surface area contributed by atoms with Gasteiger partial charge in [-0.05, 0) is 49.2 Å². The molecular formula is C36H18N2O4. The quantitative estimate of drug-likeness (QED) is 0.172. The van der Waals surface area contributed by atoms with Crippen molar-refractivity contribution in [3.05, 3.63) is 125 Å². The van der Waals surface area contributed by atoms with Crippen LogP contribution < -0.4 is 21.7 Å². The van der Waals surface area contributed by atoms with Gasteiger partial charge < -0.3 is 8.80 Å². The summed E-state index contributed by atoms with van der Waals surface area (Å²) in [6.07, 6.45) is 0. The van der Waals surface area contributed by atoms with Crippen LogP contribution in [0.5, 0.6) is 0 Å². The molecule has 0 saturated heterocycles. The van der Waals surface area contributed by atoms with E-state index in [9.17, 15) is 19.2 Å². The van der Waals surface area contributed by atoms with Gasteiger partial charge in [-0.25, -0.2) is 0 Å². The first-order valence-corrected chi connectivity index (χ1v) is 13.8. The van der Waals surface area contributed by atoms with Crippen LogP contribution in [-0.2, 0) is 0 Å². The Kier molecular flexibility index (Phi) is 3.58. The van der Waals surface area contributed by atoms with Crippen molar-refractivity contribution in [2.45, 2.75) is 13.8 Å². The summed E-state index contributed by atoms with van der Waals surface area (Å²) in [7, 11) is 0. The molecule has 196 valence electrons. The highest BCUT2D eigenvalue weighted by molar-refractivity contribution is 6.33. The Hall–Kier alpha value is -5.62. The van der Waals surface area contributed by atoms with E-state index in [4.69, 9.17) is 0 Å². The maximum absolute atomic E-state index is 13.5. The van der Waals surface area contributed by atoms with Crippen molar-refractivity contribution in [2.24, 2.45) is 0 Å². The number of aromatic nitrogens is 2. The summed E-state index contributed by atoms with van der Waals surface area (Å²) in [5.74, 6) is 0. The second-order valence-electron chi connectivity index (χ2n) is 11.7. The standard InChI is InChI=1S/C36H18N2O4/c1-15-7-21-29(39)11-25-17-3-5-19-27-13-31(41)23-9-16(2)10-24-32(42)14-28(38(27)36(23)24)20-6-4-18(33(17)34(19)20)26-12-30(40)22(8-15)35(21)37(25)26/h3-14H,1-2H3. The van der Waals surface area contributed by atoms with Crippen LogP contribution >= 0.6 is 0 Å². The zero-order chi connectivity index (χ0) is 28.3. The minimum Gasteiger partial charge on any atom is -0.307 e. The molecule has 42 heavy (non-hydrogen) atoms. The first kappa shape index (κ1) is 22.1. The molecular weight excluding hydrogens is 524 g/mol. The maximum Gasteiger partial charge on any atom is 0.190 e. The number of nitrogens with zero attached hydrogens (tertiary/aromatic N) is 2. The number of hydrogen-bond acceptors (Lipinski definition) is 4. The van der Waals surface area contributed by atoms with Crippen molar-refractivity contribution in [2.75, 3.05) is 0 Å². The third kappa shape index (κ3) is 2.32. The van der Waals surface area contributed by atoms with E-state index in [0.29, 0.717) is 32.6 Å². The topological polar surface area (TPSA) is 77.1 Å². The molecule has 0 fully saturated rings. The average molecular weight is 543 g/mol. The molecule has 0 spiro atoms. The molecule has 0 aliphatic heterocycles. The number of aryl methyl sites for hydroxylation is 2. The molecule has 0 unspecified atom stereocenters. The molecule has 6 aromatic heterocycles. The van der Waals surface area contributed by atoms with Gasteiger partial charge >= 0.3 is 0 Å². The van der Waals surface area contributed by atoms with Gasteiger partial charge in [0.2, 0.25) is 0 Å². The smallest absolute Gasteiger partial charge is 0.190 e. The minimum atomic E-state index is -0.133. The maximum atomic E-state index is 13.5. The third-order valence-electron chi connectivity index (χ3n) is 9.32. The van der Waals surface area contributed by atoms with E-state index < -0.39 is 0 Å². The molecule has 6 heteroatoms. The molecule has 6 nitrogen and oxygen atoms in total. The predicted molar refractivity (Wildman–Crippen MR) is 170 cm³/mol. The summed E-state index contributed by atoms with van der Waals surface area (Å²) >= 11 is 0. The summed E-state index contributed by atoms with van der Waals surface area (Å²) in [4.78, 5) is 53.9. The first-order chi connectivity index (χ1) is 20.3. The fourth-order valence-corrected chi connectivity index (χ4v) is 7.74. The van der Waals surface area contributed by atoms with Gasteiger partial charge in [-0.1, -0.05) is 24.3 Å². The van der Waals surface area contributed by atoms with E-state index in [1.807, 2.05) is 71.2 Å². The van der Waals surface area contributed by atoms with Gasteiger partial charge in [0, 0.05) is 78.1 Å². The number of pyridine rings is 6. The van der Waals surface area contributed by atoms with Gasteiger partial charge in [0.05, 0.1) is 33.1 Å². The van der Waals surface area contributed by atoms with Crippen molar-refractivity contribution in [1.82, 2.24) is 8.80 Å². The molecule has 6 heterocycles. The molecule has 4 aromatic carbocycles. The fraction of sp³-hybridized carbons (Fsp3) is 0.0556. The Morgan fingerprint density at radius 3 is 0.905 bits per heavy atom. The zero-order valence-corrected chi connectivity index (χ0v) is 22.5. The Morgan fingerprint density at radius 1 is 0.381 bits per heavy atom. The molecule has 0 N–H and O–H groups in total.